The van der Waals surface area contributed by atoms with Crippen molar-refractivity contribution in [3.63, 3.8) is 0 Å². The standard InChI is InChI=1S/C18H21N3O6S2/c1-27-16-7-5-13(11-15(16)21(23)24)18(22)19-12-14-6-8-17(28-14)29(25,26)20-9-3-2-4-10-20/h5-8,11H,2-4,9-10,12H2,1H3,(H,19,22). The van der Waals surface area contributed by atoms with E-state index in [0.29, 0.717) is 18.0 Å². The lowest BCUT2D eigenvalue weighted by molar-refractivity contribution is -0.385. The molecule has 0 bridgehead atoms. The summed E-state index contributed by atoms with van der Waals surface area (Å²) in [6.45, 7) is 1.18. The molecule has 1 N–H and O–H groups in total. The summed E-state index contributed by atoms with van der Waals surface area (Å²) in [5, 5.41) is 13.8. The Morgan fingerprint density at radius 1 is 1.24 bits per heavy atom. The predicted octanol–water partition coefficient (Wildman–Crippen LogP) is 2.77. The van der Waals surface area contributed by atoms with Gasteiger partial charge in [-0.15, -0.1) is 11.3 Å². The fraction of sp³-hybridized carbons (Fsp3) is 0.389. The molecule has 1 aliphatic heterocycles. The quantitative estimate of drug-likeness (QED) is 0.523. The first-order valence-electron chi connectivity index (χ1n) is 9.02. The van der Waals surface area contributed by atoms with Crippen LogP contribution in [-0.2, 0) is 16.6 Å². The Morgan fingerprint density at radius 2 is 1.97 bits per heavy atom. The largest absolute Gasteiger partial charge is 0.490 e. The van der Waals surface area contributed by atoms with Gasteiger partial charge in [0.15, 0.2) is 5.75 Å². The Bertz CT molecular complexity index is 1010. The van der Waals surface area contributed by atoms with Gasteiger partial charge in [-0.1, -0.05) is 6.42 Å². The van der Waals surface area contributed by atoms with Crippen molar-refractivity contribution >= 4 is 33.0 Å². The summed E-state index contributed by atoms with van der Waals surface area (Å²) in [7, 11) is -2.19. The van der Waals surface area contributed by atoms with Gasteiger partial charge >= 0.3 is 5.69 Å². The SMILES string of the molecule is COc1ccc(C(=O)NCc2ccc(S(=O)(=O)N3CCCCC3)s2)cc1[N+](=O)[O-]. The normalized spacial score (nSPS) is 15.1. The van der Waals surface area contributed by atoms with Crippen LogP contribution in [0.2, 0.25) is 0 Å². The first kappa shape index (κ1) is 21.2. The zero-order valence-electron chi connectivity index (χ0n) is 15.8. The molecule has 0 spiro atoms. The average molecular weight is 440 g/mol. The maximum Gasteiger partial charge on any atom is 0.311 e. The minimum atomic E-state index is -3.50. The number of nitrogens with one attached hydrogen (secondary N) is 1. The monoisotopic (exact) mass is 439 g/mol. The Labute approximate surface area is 172 Å². The fourth-order valence-corrected chi connectivity index (χ4v) is 6.03. The van der Waals surface area contributed by atoms with Gasteiger partial charge in [0.2, 0.25) is 0 Å². The zero-order valence-corrected chi connectivity index (χ0v) is 17.4. The number of hydrogen-bond donors (Lipinski definition) is 1. The van der Waals surface area contributed by atoms with Gasteiger partial charge < -0.3 is 10.1 Å². The number of hydrogen-bond acceptors (Lipinski definition) is 7. The van der Waals surface area contributed by atoms with Crippen LogP contribution >= 0.6 is 11.3 Å². The first-order valence-corrected chi connectivity index (χ1v) is 11.3. The van der Waals surface area contributed by atoms with Crippen LogP contribution in [0.4, 0.5) is 5.69 Å². The molecule has 0 atom stereocenters. The molecule has 3 rings (SSSR count). The second-order valence-electron chi connectivity index (χ2n) is 6.51. The summed E-state index contributed by atoms with van der Waals surface area (Å²) in [5.74, 6) is -0.429. The van der Waals surface area contributed by atoms with E-state index in [4.69, 9.17) is 4.74 Å². The second kappa shape index (κ2) is 8.89. The number of rotatable bonds is 7. The van der Waals surface area contributed by atoms with E-state index in [1.54, 1.807) is 12.1 Å². The minimum Gasteiger partial charge on any atom is -0.490 e. The summed E-state index contributed by atoms with van der Waals surface area (Å²) < 4.78 is 32.1. The van der Waals surface area contributed by atoms with E-state index in [1.807, 2.05) is 0 Å². The molecule has 0 radical (unpaired) electrons. The number of carbonyl (C=O) groups is 1. The lowest BCUT2D eigenvalue weighted by Crippen LogP contribution is -2.35. The number of nitrogens with zero attached hydrogens (tertiary/aromatic N) is 2. The van der Waals surface area contributed by atoms with Gasteiger partial charge in [0.05, 0.1) is 18.6 Å². The van der Waals surface area contributed by atoms with Crippen molar-refractivity contribution in [2.75, 3.05) is 20.2 Å². The topological polar surface area (TPSA) is 119 Å². The van der Waals surface area contributed by atoms with Gasteiger partial charge in [0.1, 0.15) is 4.21 Å². The molecule has 0 unspecified atom stereocenters. The molecule has 0 saturated carbocycles. The molecule has 1 aliphatic rings. The third-order valence-corrected chi connectivity index (χ3v) is 8.06. The molecule has 11 heteroatoms. The molecule has 1 saturated heterocycles. The number of nitro groups is 1. The van der Waals surface area contributed by atoms with E-state index in [9.17, 15) is 23.3 Å². The number of piperidine rings is 1. The number of methoxy groups -OCH3 is 1. The van der Waals surface area contributed by atoms with E-state index < -0.39 is 20.9 Å². The van der Waals surface area contributed by atoms with Gasteiger partial charge in [-0.05, 0) is 37.1 Å². The average Bonchev–Trinajstić information content (AvgIpc) is 3.22. The molecule has 1 aromatic carbocycles. The highest BCUT2D eigenvalue weighted by Gasteiger charge is 2.27. The summed E-state index contributed by atoms with van der Waals surface area (Å²) in [6, 6.07) is 7.16. The van der Waals surface area contributed by atoms with Crippen LogP contribution in [0, 0.1) is 10.1 Å². The van der Waals surface area contributed by atoms with Crippen LogP contribution < -0.4 is 10.1 Å². The van der Waals surface area contributed by atoms with Crippen molar-refractivity contribution in [1.29, 1.82) is 0 Å². The number of amides is 1. The zero-order chi connectivity index (χ0) is 21.0. The molecule has 156 valence electrons. The van der Waals surface area contributed by atoms with Crippen molar-refractivity contribution < 1.29 is 22.9 Å². The third kappa shape index (κ3) is 4.74. The van der Waals surface area contributed by atoms with E-state index in [0.717, 1.165) is 36.7 Å². The summed E-state index contributed by atoms with van der Waals surface area (Å²) >= 11 is 1.11. The van der Waals surface area contributed by atoms with Crippen LogP contribution in [0.3, 0.4) is 0 Å². The highest BCUT2D eigenvalue weighted by molar-refractivity contribution is 7.91. The van der Waals surface area contributed by atoms with E-state index in [1.165, 1.54) is 23.5 Å². The van der Waals surface area contributed by atoms with Gasteiger partial charge in [0, 0.05) is 29.6 Å². The summed E-state index contributed by atoms with van der Waals surface area (Å²) in [4.78, 5) is 23.5. The van der Waals surface area contributed by atoms with Crippen LogP contribution in [0.1, 0.15) is 34.5 Å². The molecule has 1 aromatic heterocycles. The highest BCUT2D eigenvalue weighted by atomic mass is 32.2. The summed E-state index contributed by atoms with van der Waals surface area (Å²) in [5.41, 5.74) is -0.179. The van der Waals surface area contributed by atoms with Crippen LogP contribution in [0.15, 0.2) is 34.5 Å². The van der Waals surface area contributed by atoms with Crippen molar-refractivity contribution in [3.05, 3.63) is 50.9 Å². The number of benzene rings is 1. The third-order valence-electron chi connectivity index (χ3n) is 4.61. The number of ether oxygens (including phenoxy) is 1. The van der Waals surface area contributed by atoms with Gasteiger partial charge in [-0.25, -0.2) is 8.42 Å². The van der Waals surface area contributed by atoms with Crippen molar-refractivity contribution in [1.82, 2.24) is 9.62 Å². The van der Waals surface area contributed by atoms with Crippen molar-refractivity contribution in [3.8, 4) is 5.75 Å². The Balaban J connectivity index is 1.67. The molecular weight excluding hydrogens is 418 g/mol. The highest BCUT2D eigenvalue weighted by Crippen LogP contribution is 2.28. The Hall–Kier alpha value is -2.50. The van der Waals surface area contributed by atoms with E-state index in [-0.39, 0.29) is 27.8 Å². The molecular formula is C18H21N3O6S2. The van der Waals surface area contributed by atoms with Crippen LogP contribution in [-0.4, -0.2) is 43.8 Å². The van der Waals surface area contributed by atoms with Crippen molar-refractivity contribution in [2.24, 2.45) is 0 Å². The van der Waals surface area contributed by atoms with Crippen LogP contribution in [0.25, 0.3) is 0 Å². The lowest BCUT2D eigenvalue weighted by atomic mass is 10.1. The molecule has 29 heavy (non-hydrogen) atoms. The van der Waals surface area contributed by atoms with E-state index in [2.05, 4.69) is 5.32 Å². The molecule has 1 amide bonds. The van der Waals surface area contributed by atoms with E-state index >= 15 is 0 Å². The fourth-order valence-electron chi connectivity index (χ4n) is 3.07. The maximum atomic E-state index is 12.7. The van der Waals surface area contributed by atoms with Gasteiger partial charge in [-0.3, -0.25) is 14.9 Å². The minimum absolute atomic E-state index is 0.0670. The number of sulfonamides is 1. The molecule has 1 fully saturated rings. The first-order chi connectivity index (χ1) is 13.8. The summed E-state index contributed by atoms with van der Waals surface area (Å²) in [6.07, 6.45) is 2.76. The molecule has 2 heterocycles. The number of carbonyl (C=O) groups excluding carboxylic acids is 1. The number of thiophene rings is 1. The Morgan fingerprint density at radius 3 is 2.62 bits per heavy atom. The number of nitro benzene ring substituents is 1. The molecule has 9 nitrogen and oxygen atoms in total. The Kier molecular flexibility index (Phi) is 6.50. The van der Waals surface area contributed by atoms with Crippen LogP contribution in [0.5, 0.6) is 5.75 Å². The smallest absolute Gasteiger partial charge is 0.311 e. The molecule has 0 aliphatic carbocycles. The predicted molar refractivity (Wildman–Crippen MR) is 108 cm³/mol. The van der Waals surface area contributed by atoms with Gasteiger partial charge in [0.25, 0.3) is 15.9 Å². The second-order valence-corrected chi connectivity index (χ2v) is 9.85. The molecule has 2 aromatic rings. The lowest BCUT2D eigenvalue weighted by Gasteiger charge is -2.25. The maximum absolute atomic E-state index is 12.7. The van der Waals surface area contributed by atoms with Gasteiger partial charge in [-0.2, -0.15) is 4.31 Å². The van der Waals surface area contributed by atoms with Crippen molar-refractivity contribution in [2.45, 2.75) is 30.0 Å².